The van der Waals surface area contributed by atoms with E-state index in [1.165, 1.54) is 0 Å². The van der Waals surface area contributed by atoms with Crippen LogP contribution < -0.4 is 10.2 Å². The number of rotatable bonds is 7. The minimum atomic E-state index is -0.223. The summed E-state index contributed by atoms with van der Waals surface area (Å²) in [6.07, 6.45) is 12.7. The summed E-state index contributed by atoms with van der Waals surface area (Å²) in [4.78, 5) is 28.8. The van der Waals surface area contributed by atoms with Gasteiger partial charge in [-0.05, 0) is 68.7 Å². The second kappa shape index (κ2) is 11.4. The van der Waals surface area contributed by atoms with Crippen LogP contribution in [0, 0.1) is 29.1 Å². The normalized spacial score (nSPS) is 19.4. The fourth-order valence-corrected chi connectivity index (χ4v) is 6.76. The maximum absolute atomic E-state index is 12.5. The van der Waals surface area contributed by atoms with Gasteiger partial charge in [0.2, 0.25) is 0 Å². The van der Waals surface area contributed by atoms with E-state index >= 15 is 0 Å². The SMILES string of the molecule is CC(C)n1cc(-c2cn3ncc(C#N)c3c(-c3ccc(N4C[C@H]5CC(CNC(=O)c6ncccc6Cl)C[C@H]5C4)nc3)n2)cn1. The van der Waals surface area contributed by atoms with Gasteiger partial charge in [-0.2, -0.15) is 15.5 Å². The Kier molecular flexibility index (Phi) is 7.22. The van der Waals surface area contributed by atoms with E-state index in [1.807, 2.05) is 35.4 Å². The molecule has 1 aliphatic heterocycles. The van der Waals surface area contributed by atoms with Crippen LogP contribution >= 0.6 is 11.6 Å². The number of carbonyl (C=O) groups excluding carboxylic acids is 1. The average Bonchev–Trinajstić information content (AvgIpc) is 3.83. The molecule has 5 aromatic rings. The van der Waals surface area contributed by atoms with E-state index in [1.54, 1.807) is 35.2 Å². The van der Waals surface area contributed by atoms with Gasteiger partial charge < -0.3 is 10.2 Å². The fraction of sp³-hybridized carbons (Fsp3) is 0.344. The first-order valence-corrected chi connectivity index (χ1v) is 15.2. The molecular formula is C32H31ClN10O. The lowest BCUT2D eigenvalue weighted by Gasteiger charge is -2.20. The van der Waals surface area contributed by atoms with Crippen LogP contribution in [-0.4, -0.2) is 59.9 Å². The number of nitrogens with one attached hydrogen (secondary N) is 1. The van der Waals surface area contributed by atoms with Gasteiger partial charge in [-0.15, -0.1) is 0 Å². The summed E-state index contributed by atoms with van der Waals surface area (Å²) in [7, 11) is 0. The van der Waals surface area contributed by atoms with Gasteiger partial charge in [0, 0.05) is 55.4 Å². The summed E-state index contributed by atoms with van der Waals surface area (Å²) in [5, 5.41) is 22.0. The first kappa shape index (κ1) is 28.0. The van der Waals surface area contributed by atoms with Crippen LogP contribution in [-0.2, 0) is 0 Å². The number of nitriles is 1. The molecule has 44 heavy (non-hydrogen) atoms. The molecular weight excluding hydrogens is 576 g/mol. The maximum Gasteiger partial charge on any atom is 0.271 e. The third-order valence-corrected chi connectivity index (χ3v) is 9.07. The number of aromatic nitrogens is 7. The summed E-state index contributed by atoms with van der Waals surface area (Å²) < 4.78 is 3.60. The van der Waals surface area contributed by atoms with Crippen molar-refractivity contribution in [3.05, 3.63) is 77.7 Å². The molecule has 1 aliphatic carbocycles. The Morgan fingerprint density at radius 2 is 1.89 bits per heavy atom. The van der Waals surface area contributed by atoms with E-state index in [9.17, 15) is 10.1 Å². The van der Waals surface area contributed by atoms with Crippen molar-refractivity contribution in [1.29, 1.82) is 5.26 Å². The van der Waals surface area contributed by atoms with Crippen LogP contribution in [0.1, 0.15) is 48.8 Å². The lowest BCUT2D eigenvalue weighted by molar-refractivity contribution is 0.0942. The second-order valence-electron chi connectivity index (χ2n) is 12.0. The van der Waals surface area contributed by atoms with Gasteiger partial charge in [-0.1, -0.05) is 11.6 Å². The van der Waals surface area contributed by atoms with Crippen molar-refractivity contribution < 1.29 is 4.79 Å². The quantitative estimate of drug-likeness (QED) is 0.272. The third kappa shape index (κ3) is 5.15. The first-order chi connectivity index (χ1) is 21.4. The number of amides is 1. The minimum Gasteiger partial charge on any atom is -0.356 e. The highest BCUT2D eigenvalue weighted by atomic mass is 35.5. The van der Waals surface area contributed by atoms with E-state index in [0.29, 0.717) is 46.1 Å². The van der Waals surface area contributed by atoms with Gasteiger partial charge >= 0.3 is 0 Å². The molecule has 1 N–H and O–H groups in total. The number of hydrogen-bond donors (Lipinski definition) is 1. The van der Waals surface area contributed by atoms with Crippen molar-refractivity contribution in [3.8, 4) is 28.6 Å². The maximum atomic E-state index is 12.5. The van der Waals surface area contributed by atoms with Crippen LogP contribution in [0.2, 0.25) is 5.02 Å². The zero-order valence-electron chi connectivity index (χ0n) is 24.4. The Balaban J connectivity index is 1.05. The van der Waals surface area contributed by atoms with Crippen molar-refractivity contribution in [1.82, 2.24) is 39.7 Å². The largest absolute Gasteiger partial charge is 0.356 e. The minimum absolute atomic E-state index is 0.223. The van der Waals surface area contributed by atoms with E-state index in [0.717, 1.165) is 48.6 Å². The van der Waals surface area contributed by atoms with Crippen LogP contribution in [0.5, 0.6) is 0 Å². The molecule has 0 bridgehead atoms. The Labute approximate surface area is 259 Å². The Hall–Kier alpha value is -4.82. The molecule has 5 aromatic heterocycles. The number of carbonyl (C=O) groups is 1. The van der Waals surface area contributed by atoms with Gasteiger partial charge in [-0.25, -0.2) is 19.5 Å². The van der Waals surface area contributed by atoms with Crippen molar-refractivity contribution in [3.63, 3.8) is 0 Å². The molecule has 3 atom stereocenters. The molecule has 2 fully saturated rings. The first-order valence-electron chi connectivity index (χ1n) is 14.8. The Morgan fingerprint density at radius 3 is 2.57 bits per heavy atom. The molecule has 7 rings (SSSR count). The predicted octanol–water partition coefficient (Wildman–Crippen LogP) is 5.05. The van der Waals surface area contributed by atoms with Crippen molar-refractivity contribution in [2.45, 2.75) is 32.7 Å². The summed E-state index contributed by atoms with van der Waals surface area (Å²) >= 11 is 6.13. The van der Waals surface area contributed by atoms with Gasteiger partial charge in [0.15, 0.2) is 0 Å². The molecule has 1 saturated carbocycles. The molecule has 1 saturated heterocycles. The smallest absolute Gasteiger partial charge is 0.271 e. The molecule has 2 aliphatic rings. The number of pyridine rings is 2. The summed E-state index contributed by atoms with van der Waals surface area (Å²) in [5.41, 5.74) is 4.46. The van der Waals surface area contributed by atoms with Gasteiger partial charge in [0.05, 0.1) is 35.0 Å². The van der Waals surface area contributed by atoms with Gasteiger partial charge in [0.25, 0.3) is 5.91 Å². The number of hydrogen-bond acceptors (Lipinski definition) is 8. The van der Waals surface area contributed by atoms with Crippen LogP contribution in [0.15, 0.2) is 61.4 Å². The fourth-order valence-electron chi connectivity index (χ4n) is 6.55. The predicted molar refractivity (Wildman–Crippen MR) is 166 cm³/mol. The van der Waals surface area contributed by atoms with Crippen LogP contribution in [0.3, 0.4) is 0 Å². The van der Waals surface area contributed by atoms with Crippen LogP contribution in [0.25, 0.3) is 28.0 Å². The molecule has 11 nitrogen and oxygen atoms in total. The highest BCUT2D eigenvalue weighted by Gasteiger charge is 2.41. The zero-order valence-corrected chi connectivity index (χ0v) is 25.2. The zero-order chi connectivity index (χ0) is 30.4. The molecule has 222 valence electrons. The van der Waals surface area contributed by atoms with Crippen molar-refractivity contribution in [2.24, 2.45) is 17.8 Å². The van der Waals surface area contributed by atoms with Crippen molar-refractivity contribution >= 4 is 28.8 Å². The molecule has 1 amide bonds. The third-order valence-electron chi connectivity index (χ3n) is 8.76. The number of halogens is 1. The summed E-state index contributed by atoms with van der Waals surface area (Å²) in [6, 6.07) is 9.93. The highest BCUT2D eigenvalue weighted by Crippen LogP contribution is 2.42. The Bertz CT molecular complexity index is 1880. The lowest BCUT2D eigenvalue weighted by atomic mass is 10.0. The summed E-state index contributed by atoms with van der Waals surface area (Å²) in [6.45, 7) is 6.65. The summed E-state index contributed by atoms with van der Waals surface area (Å²) in [5.74, 6) is 2.27. The lowest BCUT2D eigenvalue weighted by Crippen LogP contribution is -2.30. The van der Waals surface area contributed by atoms with Gasteiger partial charge in [0.1, 0.15) is 28.7 Å². The molecule has 6 heterocycles. The van der Waals surface area contributed by atoms with Gasteiger partial charge in [-0.3, -0.25) is 9.48 Å². The molecule has 0 radical (unpaired) electrons. The van der Waals surface area contributed by atoms with E-state index in [2.05, 4.69) is 45.3 Å². The standard InChI is InChI=1S/C32H31ClN10O/c1-19(2)42-17-25(14-38-42)27-18-43-31(24(10-34)13-39-43)29(40-27)21-5-6-28(36-12-21)41-15-22-8-20(9-23(22)16-41)11-37-32(44)30-26(33)4-3-7-35-30/h3-7,12-14,17-20,22-23H,8-9,11,15-16H2,1-2H3,(H,37,44)/t20?,22-,23+. The highest BCUT2D eigenvalue weighted by molar-refractivity contribution is 6.33. The second-order valence-corrected chi connectivity index (χ2v) is 12.4. The monoisotopic (exact) mass is 606 g/mol. The van der Waals surface area contributed by atoms with Crippen LogP contribution in [0.4, 0.5) is 5.82 Å². The van der Waals surface area contributed by atoms with E-state index in [4.69, 9.17) is 21.6 Å². The number of fused-ring (bicyclic) bond motifs is 2. The number of nitrogens with zero attached hydrogens (tertiary/aromatic N) is 9. The molecule has 12 heteroatoms. The van der Waals surface area contributed by atoms with E-state index < -0.39 is 0 Å². The molecule has 1 unspecified atom stereocenters. The number of anilines is 1. The Morgan fingerprint density at radius 1 is 1.07 bits per heavy atom. The molecule has 0 spiro atoms. The van der Waals surface area contributed by atoms with E-state index in [-0.39, 0.29) is 17.6 Å². The van der Waals surface area contributed by atoms with Crippen molar-refractivity contribution in [2.75, 3.05) is 24.5 Å². The topological polar surface area (TPSA) is 130 Å². The molecule has 0 aromatic carbocycles. The average molecular weight is 607 g/mol.